The summed E-state index contributed by atoms with van der Waals surface area (Å²) in [5, 5.41) is 39.7. The molecule has 0 saturated carbocycles. The summed E-state index contributed by atoms with van der Waals surface area (Å²) < 4.78 is 86.1. The normalized spacial score (nSPS) is 17.7. The van der Waals surface area contributed by atoms with E-state index in [2.05, 4.69) is 14.1 Å². The van der Waals surface area contributed by atoms with Gasteiger partial charge in [-0.1, -0.05) is 41.4 Å². The maximum absolute atomic E-state index is 12.9. The lowest BCUT2D eigenvalue weighted by atomic mass is 9.84. The van der Waals surface area contributed by atoms with Gasteiger partial charge in [-0.15, -0.1) is 0 Å². The summed E-state index contributed by atoms with van der Waals surface area (Å²) in [6.45, 7) is 10.1. The van der Waals surface area contributed by atoms with Crippen LogP contribution in [0, 0.1) is 29.7 Å². The number of carbonyl (C=O) groups is 4. The minimum absolute atomic E-state index is 0. The predicted molar refractivity (Wildman–Crippen MR) is 478 cm³/mol. The van der Waals surface area contributed by atoms with Crippen molar-refractivity contribution in [3.63, 3.8) is 0 Å². The molecule has 4 aliphatic heterocycles. The van der Waals surface area contributed by atoms with E-state index in [0.29, 0.717) is 141 Å². The van der Waals surface area contributed by atoms with Crippen molar-refractivity contribution in [3.8, 4) is 63.2 Å². The third kappa shape index (κ3) is 26.7. The third-order valence-electron chi connectivity index (χ3n) is 24.2. The Hall–Kier alpha value is -9.26. The van der Waals surface area contributed by atoms with E-state index in [1.54, 1.807) is 78.2 Å². The van der Waals surface area contributed by atoms with Gasteiger partial charge in [0.1, 0.15) is 35.2 Å². The number of halogens is 2. The van der Waals surface area contributed by atoms with Crippen LogP contribution in [0.15, 0.2) is 101 Å². The van der Waals surface area contributed by atoms with Crippen molar-refractivity contribution in [2.24, 2.45) is 0 Å². The zero-order valence-corrected chi connectivity index (χ0v) is 77.5. The van der Waals surface area contributed by atoms with Crippen LogP contribution >= 0.6 is 23.2 Å². The summed E-state index contributed by atoms with van der Waals surface area (Å²) in [6.07, 6.45) is 11.6. The van der Waals surface area contributed by atoms with Crippen LogP contribution in [0.1, 0.15) is 130 Å². The van der Waals surface area contributed by atoms with Crippen molar-refractivity contribution >= 4 is 47.1 Å². The van der Waals surface area contributed by atoms with Gasteiger partial charge in [0.05, 0.1) is 211 Å². The SMILES string of the molecule is COc1cc(C[C@@H]2c3cc(CO)c(CO)cc3CC[N@@+]2(C)CCCOC(=O)/C(Cl)=C/C(=O)OCCC[N+]2(Cc3cc(OC)c(OC)c(OC)c3)CCCC2)cc(OC)c1OC.COc1ccc(C[C@@H]2c3cc(CO)c(CO)cc3CC[N@@+]2(C)CCCOC(=O)/C(Cl)=C/C(=O)OCCC[N+]2(Cc3cc(OC)c(OC)c(OC)c3)CCCC2)cc1OC.[CH3-].[CH3-].[CH3-].[CH3-]. The molecule has 2 saturated heterocycles. The fraction of sp³-hybridized carbons (Fsp3) is 0.495. The molecule has 0 aliphatic carbocycles. The Morgan fingerprint density at radius 1 is 0.363 bits per heavy atom. The second-order valence-electron chi connectivity index (χ2n) is 31.6. The zero-order chi connectivity index (χ0) is 86.7. The van der Waals surface area contributed by atoms with Crippen LogP contribution in [0.25, 0.3) is 0 Å². The number of ether oxygens (including phenoxy) is 15. The molecule has 0 unspecified atom stereocenters. The lowest BCUT2D eigenvalue weighted by Gasteiger charge is -2.46. The van der Waals surface area contributed by atoms with Crippen LogP contribution < -0.4 is 52.1 Å². The third-order valence-corrected chi connectivity index (χ3v) is 24.7. The van der Waals surface area contributed by atoms with Crippen LogP contribution in [0.5, 0.6) is 63.2 Å². The van der Waals surface area contributed by atoms with Crippen molar-refractivity contribution in [2.45, 2.75) is 129 Å². The highest BCUT2D eigenvalue weighted by atomic mass is 35.5. The van der Waals surface area contributed by atoms with Gasteiger partial charge < -0.3 is 139 Å². The Bertz CT molecular complexity index is 4450. The first-order valence-corrected chi connectivity index (χ1v) is 41.7. The number of methoxy groups -OCH3 is 11. The van der Waals surface area contributed by atoms with Crippen LogP contribution in [0.4, 0.5) is 0 Å². The zero-order valence-electron chi connectivity index (χ0n) is 76.0. The van der Waals surface area contributed by atoms with E-state index in [-0.39, 0.29) is 105 Å². The number of nitrogens with zero attached hydrogens (tertiary/aromatic N) is 4. The molecule has 688 valence electrons. The predicted octanol–water partition coefficient (Wildman–Crippen LogP) is 13.4. The molecule has 10 rings (SSSR count). The highest BCUT2D eigenvalue weighted by molar-refractivity contribution is 6.42. The van der Waals surface area contributed by atoms with E-state index in [1.165, 1.54) is 0 Å². The Kier molecular flexibility index (Phi) is 42.6. The molecule has 2 fully saturated rings. The first kappa shape index (κ1) is 105. The fourth-order valence-electron chi connectivity index (χ4n) is 17.8. The van der Waals surface area contributed by atoms with Crippen molar-refractivity contribution in [2.75, 3.05) is 184 Å². The molecule has 0 aromatic heterocycles. The maximum atomic E-state index is 12.9. The number of rotatable bonds is 43. The van der Waals surface area contributed by atoms with Gasteiger partial charge in [-0.25, -0.2) is 19.2 Å². The van der Waals surface area contributed by atoms with Gasteiger partial charge in [0.2, 0.25) is 17.2 Å². The number of carbonyl (C=O) groups excluding carboxylic acids is 4. The van der Waals surface area contributed by atoms with E-state index in [9.17, 15) is 39.6 Å². The molecular formula is C95H136Cl2N4O23. The summed E-state index contributed by atoms with van der Waals surface area (Å²) >= 11 is 12.5. The maximum Gasteiger partial charge on any atom is 0.350 e. The van der Waals surface area contributed by atoms with Crippen LogP contribution in [-0.4, -0.2) is 246 Å². The molecule has 4 atom stereocenters. The van der Waals surface area contributed by atoms with Gasteiger partial charge in [-0.05, 0) is 105 Å². The van der Waals surface area contributed by atoms with Gasteiger partial charge >= 0.3 is 23.9 Å². The first-order chi connectivity index (χ1) is 57.8. The molecule has 0 radical (unpaired) electrons. The summed E-state index contributed by atoms with van der Waals surface area (Å²) in [6, 6.07) is 25.7. The Morgan fingerprint density at radius 2 is 0.661 bits per heavy atom. The molecule has 0 spiro atoms. The average Bonchev–Trinajstić information content (AvgIpc) is 0.935. The van der Waals surface area contributed by atoms with Crippen molar-refractivity contribution in [1.82, 2.24) is 0 Å². The number of likely N-dealkylation sites (tertiary alicyclic amines) is 2. The van der Waals surface area contributed by atoms with E-state index >= 15 is 0 Å². The van der Waals surface area contributed by atoms with Gasteiger partial charge in [0.15, 0.2) is 46.0 Å². The highest BCUT2D eigenvalue weighted by Crippen LogP contribution is 2.47. The molecule has 0 bridgehead atoms. The van der Waals surface area contributed by atoms with Crippen molar-refractivity contribution in [1.29, 1.82) is 0 Å². The van der Waals surface area contributed by atoms with Crippen molar-refractivity contribution < 1.29 is 129 Å². The molecule has 6 aromatic rings. The van der Waals surface area contributed by atoms with Crippen molar-refractivity contribution in [3.05, 3.63) is 198 Å². The summed E-state index contributed by atoms with van der Waals surface area (Å²) in [7, 11) is 21.9. The fourth-order valence-corrected chi connectivity index (χ4v) is 18.1. The van der Waals surface area contributed by atoms with E-state index < -0.39 is 23.9 Å². The van der Waals surface area contributed by atoms with Crippen LogP contribution in [-0.2, 0) is 103 Å². The second kappa shape index (κ2) is 50.2. The lowest BCUT2D eigenvalue weighted by molar-refractivity contribution is -0.941. The van der Waals surface area contributed by atoms with Crippen LogP contribution in [0.2, 0.25) is 0 Å². The summed E-state index contributed by atoms with van der Waals surface area (Å²) in [4.78, 5) is 51.1. The molecule has 29 heteroatoms. The smallest absolute Gasteiger partial charge is 0.350 e. The molecule has 27 nitrogen and oxygen atoms in total. The van der Waals surface area contributed by atoms with Gasteiger partial charge in [0.25, 0.3) is 0 Å². The Balaban J connectivity index is 0.000000427. The summed E-state index contributed by atoms with van der Waals surface area (Å²) in [5.74, 6) is 3.49. The molecule has 4 aliphatic rings. The summed E-state index contributed by atoms with van der Waals surface area (Å²) in [5.41, 5.74) is 11.5. The van der Waals surface area contributed by atoms with E-state index in [1.807, 2.05) is 78.9 Å². The molecular weight excluding hydrogens is 1640 g/mol. The second-order valence-corrected chi connectivity index (χ2v) is 32.4. The molecule has 6 aromatic carbocycles. The number of esters is 4. The molecule has 124 heavy (non-hydrogen) atoms. The minimum atomic E-state index is -0.796. The molecule has 4 heterocycles. The van der Waals surface area contributed by atoms with E-state index in [4.69, 9.17) is 94.3 Å². The Labute approximate surface area is 745 Å². The largest absolute Gasteiger partial charge is 0.493 e. The number of aliphatic hydroxyl groups is 4. The Morgan fingerprint density at radius 3 is 0.984 bits per heavy atom. The number of aliphatic hydroxyl groups excluding tert-OH is 4. The quantitative estimate of drug-likeness (QED) is 0.00691. The standard InChI is InChI=1S/C46H63ClN2O12.C45H61ClN2O11.4CH3/c1-48(17-12-33-25-34(29-50)35(30-51)26-36(33)38(48)20-31-21-39(54-2)44(58-6)40(22-31)55-3)13-10-19-61-46(53)37(47)27-43(52)60-18-11-16-49(14-8-9-15-49)28-32-23-41(56-4)45(59-7)42(24-32)57-5;1-47(18-13-33-25-34(29-49)35(30-50)26-36(33)38(47)21-31-11-12-39(53-2)40(22-31)54-3)14-9-20-59-45(52)37(46)27-43(51)58-19-10-17-48(15-7-8-16-48)28-32-23-41(55-4)44(57-6)42(24-32)56-5;;;;/h21-27,38,50-51H,8-20,28-30H2,1-7H3;11-12,22-27,38,49-50H,7-10,13-21,28-30H2,1-6H3;4*1H3/q2*+2;4*-1/b2*37-27-;;;;/t38-,48-;38-,47-;;;;/m11..../s1. The molecule has 4 N–H and O–H groups in total. The van der Waals surface area contributed by atoms with Gasteiger partial charge in [-0.3, -0.25) is 0 Å². The monoisotopic (exact) mass is 1770 g/mol. The lowest BCUT2D eigenvalue weighted by Crippen LogP contribution is -2.52. The number of quaternary nitrogens is 4. The number of likely N-dealkylation sites (N-methyl/N-ethyl adjacent to an activating group) is 2. The highest BCUT2D eigenvalue weighted by Gasteiger charge is 2.43. The molecule has 0 amide bonds. The van der Waals surface area contributed by atoms with Gasteiger partial charge in [0, 0.05) is 111 Å². The van der Waals surface area contributed by atoms with Gasteiger partial charge in [-0.2, -0.15) is 0 Å². The number of hydrogen-bond acceptors (Lipinski definition) is 23. The minimum Gasteiger partial charge on any atom is -0.493 e. The average molecular weight is 1770 g/mol. The van der Waals surface area contributed by atoms with E-state index in [0.717, 1.165) is 175 Å². The first-order valence-electron chi connectivity index (χ1n) is 41.0. The number of fused-ring (bicyclic) bond motifs is 2. The topological polar surface area (TPSA) is 288 Å². The van der Waals surface area contributed by atoms with Crippen LogP contribution in [0.3, 0.4) is 0 Å². The number of benzene rings is 6. The number of hydrogen-bond donors (Lipinski definition) is 4.